The van der Waals surface area contributed by atoms with Gasteiger partial charge in [0.25, 0.3) is 0 Å². The minimum absolute atomic E-state index is 0.0238. The van der Waals surface area contributed by atoms with E-state index in [9.17, 15) is 0 Å². The SMILES string of the molecule is CC(C)Oc1nc(NN)nc(NCC2COCCO2)n1. The van der Waals surface area contributed by atoms with E-state index in [1.807, 2.05) is 13.8 Å². The van der Waals surface area contributed by atoms with Crippen molar-refractivity contribution in [2.75, 3.05) is 37.1 Å². The number of ether oxygens (including phenoxy) is 3. The molecular formula is C11H20N6O3. The number of rotatable bonds is 6. The van der Waals surface area contributed by atoms with Crippen molar-refractivity contribution >= 4 is 11.9 Å². The van der Waals surface area contributed by atoms with Crippen molar-refractivity contribution in [3.05, 3.63) is 0 Å². The Balaban J connectivity index is 1.98. The Labute approximate surface area is 117 Å². The third-order valence-electron chi connectivity index (χ3n) is 2.46. The molecule has 0 aromatic carbocycles. The molecule has 20 heavy (non-hydrogen) atoms. The molecule has 1 fully saturated rings. The van der Waals surface area contributed by atoms with E-state index < -0.39 is 0 Å². The molecule has 1 unspecified atom stereocenters. The summed E-state index contributed by atoms with van der Waals surface area (Å²) in [4.78, 5) is 12.3. The normalized spacial score (nSPS) is 18.9. The first-order valence-corrected chi connectivity index (χ1v) is 6.50. The molecule has 0 saturated carbocycles. The van der Waals surface area contributed by atoms with Crippen molar-refractivity contribution in [1.82, 2.24) is 15.0 Å². The average molecular weight is 284 g/mol. The molecule has 9 nitrogen and oxygen atoms in total. The summed E-state index contributed by atoms with van der Waals surface area (Å²) in [6, 6.07) is 0.214. The van der Waals surface area contributed by atoms with E-state index in [2.05, 4.69) is 25.7 Å². The van der Waals surface area contributed by atoms with Crippen LogP contribution in [0.4, 0.5) is 11.9 Å². The van der Waals surface area contributed by atoms with Gasteiger partial charge in [0.1, 0.15) is 0 Å². The predicted octanol–water partition coefficient (Wildman–Crippen LogP) is -0.228. The molecule has 1 atom stereocenters. The summed E-state index contributed by atoms with van der Waals surface area (Å²) in [5.74, 6) is 5.93. The highest BCUT2D eigenvalue weighted by Gasteiger charge is 2.15. The zero-order valence-electron chi connectivity index (χ0n) is 11.6. The molecule has 1 aliphatic heterocycles. The average Bonchev–Trinajstić information content (AvgIpc) is 2.45. The maximum atomic E-state index is 5.52. The first-order chi connectivity index (χ1) is 9.67. The van der Waals surface area contributed by atoms with Gasteiger partial charge in [0, 0.05) is 6.54 Å². The lowest BCUT2D eigenvalue weighted by Gasteiger charge is -2.23. The standard InChI is InChI=1S/C11H20N6O3/c1-7(2)20-11-15-9(14-10(16-11)17-12)13-5-8-6-18-3-4-19-8/h7-8H,3-6,12H2,1-2H3,(H2,13,14,15,16,17). The van der Waals surface area contributed by atoms with Gasteiger partial charge in [-0.15, -0.1) is 0 Å². The van der Waals surface area contributed by atoms with Crippen LogP contribution in [0.1, 0.15) is 13.8 Å². The molecule has 2 rings (SSSR count). The molecule has 0 aliphatic carbocycles. The van der Waals surface area contributed by atoms with Gasteiger partial charge in [0.15, 0.2) is 0 Å². The van der Waals surface area contributed by atoms with E-state index in [1.54, 1.807) is 0 Å². The van der Waals surface area contributed by atoms with Gasteiger partial charge < -0.3 is 19.5 Å². The number of hydrogen-bond acceptors (Lipinski definition) is 9. The predicted molar refractivity (Wildman–Crippen MR) is 72.4 cm³/mol. The number of hydrogen-bond donors (Lipinski definition) is 3. The summed E-state index contributed by atoms with van der Waals surface area (Å²) in [5.41, 5.74) is 2.38. The molecule has 4 N–H and O–H groups in total. The lowest BCUT2D eigenvalue weighted by atomic mass is 10.3. The summed E-state index contributed by atoms with van der Waals surface area (Å²) in [6.45, 7) is 6.10. The number of nitrogens with one attached hydrogen (secondary N) is 2. The molecule has 2 heterocycles. The van der Waals surface area contributed by atoms with Gasteiger partial charge in [-0.25, -0.2) is 5.84 Å². The fourth-order valence-corrected chi connectivity index (χ4v) is 1.62. The molecular weight excluding hydrogens is 264 g/mol. The van der Waals surface area contributed by atoms with E-state index >= 15 is 0 Å². The Hall–Kier alpha value is -1.71. The van der Waals surface area contributed by atoms with Crippen molar-refractivity contribution in [3.8, 4) is 6.01 Å². The largest absolute Gasteiger partial charge is 0.461 e. The van der Waals surface area contributed by atoms with Gasteiger partial charge in [-0.2, -0.15) is 15.0 Å². The van der Waals surface area contributed by atoms with Crippen LogP contribution < -0.4 is 21.3 Å². The van der Waals surface area contributed by atoms with Crippen molar-refractivity contribution in [3.63, 3.8) is 0 Å². The quantitative estimate of drug-likeness (QED) is 0.481. The second-order valence-electron chi connectivity index (χ2n) is 4.52. The molecule has 0 amide bonds. The van der Waals surface area contributed by atoms with Gasteiger partial charge in [-0.3, -0.25) is 5.43 Å². The maximum absolute atomic E-state index is 5.52. The van der Waals surface area contributed by atoms with Crippen LogP contribution in [0.5, 0.6) is 6.01 Å². The van der Waals surface area contributed by atoms with Gasteiger partial charge in [0.05, 0.1) is 32.0 Å². The molecule has 1 aromatic rings. The highest BCUT2D eigenvalue weighted by Crippen LogP contribution is 2.12. The third kappa shape index (κ3) is 4.44. The molecule has 1 aliphatic rings. The molecule has 0 spiro atoms. The minimum Gasteiger partial charge on any atom is -0.461 e. The number of nitrogens with two attached hydrogens (primary N) is 1. The first kappa shape index (κ1) is 14.7. The fourth-order valence-electron chi connectivity index (χ4n) is 1.62. The summed E-state index contributed by atoms with van der Waals surface area (Å²) in [6.07, 6.45) is -0.0600. The number of aromatic nitrogens is 3. The zero-order valence-corrected chi connectivity index (χ0v) is 11.6. The Kier molecular flexibility index (Phi) is 5.27. The van der Waals surface area contributed by atoms with E-state index in [0.717, 1.165) is 0 Å². The van der Waals surface area contributed by atoms with Crippen LogP contribution in [-0.4, -0.2) is 53.5 Å². The number of nitrogens with zero attached hydrogens (tertiary/aromatic N) is 3. The highest BCUT2D eigenvalue weighted by molar-refractivity contribution is 5.35. The van der Waals surface area contributed by atoms with Gasteiger partial charge in [-0.1, -0.05) is 0 Å². The molecule has 9 heteroatoms. The van der Waals surface area contributed by atoms with E-state index in [1.165, 1.54) is 0 Å². The van der Waals surface area contributed by atoms with Crippen LogP contribution in [0.2, 0.25) is 0 Å². The van der Waals surface area contributed by atoms with Crippen LogP contribution in [0.15, 0.2) is 0 Å². The lowest BCUT2D eigenvalue weighted by Crippen LogP contribution is -2.34. The Morgan fingerprint density at radius 2 is 2.10 bits per heavy atom. The van der Waals surface area contributed by atoms with Crippen molar-refractivity contribution in [2.45, 2.75) is 26.1 Å². The second-order valence-corrected chi connectivity index (χ2v) is 4.52. The molecule has 1 aromatic heterocycles. The number of anilines is 2. The van der Waals surface area contributed by atoms with Crippen molar-refractivity contribution < 1.29 is 14.2 Å². The van der Waals surface area contributed by atoms with E-state index in [-0.39, 0.29) is 24.2 Å². The molecule has 112 valence electrons. The van der Waals surface area contributed by atoms with Gasteiger partial charge >= 0.3 is 6.01 Å². The van der Waals surface area contributed by atoms with Crippen LogP contribution >= 0.6 is 0 Å². The highest BCUT2D eigenvalue weighted by atomic mass is 16.6. The summed E-state index contributed by atoms with van der Waals surface area (Å²) in [5, 5.41) is 3.06. The Morgan fingerprint density at radius 1 is 1.30 bits per heavy atom. The summed E-state index contributed by atoms with van der Waals surface area (Å²) in [7, 11) is 0. The van der Waals surface area contributed by atoms with E-state index in [0.29, 0.717) is 32.3 Å². The van der Waals surface area contributed by atoms with Crippen LogP contribution in [-0.2, 0) is 9.47 Å². The lowest BCUT2D eigenvalue weighted by molar-refractivity contribution is -0.0819. The zero-order chi connectivity index (χ0) is 14.4. The van der Waals surface area contributed by atoms with Crippen molar-refractivity contribution in [2.24, 2.45) is 5.84 Å². The Morgan fingerprint density at radius 3 is 2.75 bits per heavy atom. The molecule has 0 bridgehead atoms. The number of hydrazine groups is 1. The topological polar surface area (TPSA) is 116 Å². The summed E-state index contributed by atoms with van der Waals surface area (Å²) >= 11 is 0. The second kappa shape index (κ2) is 7.17. The van der Waals surface area contributed by atoms with Gasteiger partial charge in [0.2, 0.25) is 11.9 Å². The van der Waals surface area contributed by atoms with Crippen LogP contribution in [0.25, 0.3) is 0 Å². The third-order valence-corrected chi connectivity index (χ3v) is 2.46. The fraction of sp³-hybridized carbons (Fsp3) is 0.727. The van der Waals surface area contributed by atoms with Gasteiger partial charge in [-0.05, 0) is 13.8 Å². The first-order valence-electron chi connectivity index (χ1n) is 6.50. The van der Waals surface area contributed by atoms with Crippen LogP contribution in [0.3, 0.4) is 0 Å². The molecule has 0 radical (unpaired) electrons. The van der Waals surface area contributed by atoms with Crippen LogP contribution in [0, 0.1) is 0 Å². The Bertz CT molecular complexity index is 425. The van der Waals surface area contributed by atoms with Crippen molar-refractivity contribution in [1.29, 1.82) is 0 Å². The molecule has 1 saturated heterocycles. The monoisotopic (exact) mass is 284 g/mol. The van der Waals surface area contributed by atoms with E-state index in [4.69, 9.17) is 20.1 Å². The summed E-state index contributed by atoms with van der Waals surface area (Å²) < 4.78 is 16.3. The maximum Gasteiger partial charge on any atom is 0.323 e. The number of nitrogen functional groups attached to an aromatic ring is 1. The minimum atomic E-state index is -0.0362. The smallest absolute Gasteiger partial charge is 0.323 e.